The third-order valence-electron chi connectivity index (χ3n) is 2.03. The van der Waals surface area contributed by atoms with Gasteiger partial charge in [-0.1, -0.05) is 34.8 Å². The smallest absolute Gasteiger partial charge is 0.240 e. The van der Waals surface area contributed by atoms with Gasteiger partial charge in [-0.3, -0.25) is 5.21 Å². The van der Waals surface area contributed by atoms with Crippen LogP contribution in [0.15, 0.2) is 30.3 Å². The zero-order valence-electron chi connectivity index (χ0n) is 9.71. The third kappa shape index (κ3) is 3.30. The van der Waals surface area contributed by atoms with Gasteiger partial charge in [-0.15, -0.1) is 0 Å². The van der Waals surface area contributed by atoms with Gasteiger partial charge in [-0.05, 0) is 26.3 Å². The first-order valence-corrected chi connectivity index (χ1v) is 6.60. The molecule has 0 aliphatic rings. The van der Waals surface area contributed by atoms with E-state index in [0.717, 1.165) is 0 Å². The molecule has 0 atom stereocenters. The quantitative estimate of drug-likeness (QED) is 0.826. The van der Waals surface area contributed by atoms with Gasteiger partial charge >= 0.3 is 0 Å². The van der Waals surface area contributed by atoms with E-state index >= 15 is 0 Å². The molecular weight excluding hydrogens is 226 g/mol. The Balaban J connectivity index is 2.89. The van der Waals surface area contributed by atoms with Crippen LogP contribution in [-0.4, -0.2) is 23.6 Å². The Morgan fingerprint density at radius 2 is 1.69 bits per heavy atom. The van der Waals surface area contributed by atoms with Crippen molar-refractivity contribution in [3.8, 4) is 0 Å². The minimum Gasteiger partial charge on any atom is -0.299 e. The largest absolute Gasteiger partial charge is 0.299 e. The van der Waals surface area contributed by atoms with Crippen molar-refractivity contribution >= 4 is 10.0 Å². The predicted octanol–water partition coefficient (Wildman–Crippen LogP) is 2.01. The molecule has 0 unspecified atom stereocenters. The molecule has 4 nitrogen and oxygen atoms in total. The van der Waals surface area contributed by atoms with E-state index in [0.29, 0.717) is 10.0 Å². The van der Waals surface area contributed by atoms with Gasteiger partial charge < -0.3 is 0 Å². The number of hydrogen-bond acceptors (Lipinski definition) is 3. The number of rotatable bonds is 3. The summed E-state index contributed by atoms with van der Waals surface area (Å²) in [5.41, 5.74) is -0.168. The Hall–Kier alpha value is -0.910. The second kappa shape index (κ2) is 4.53. The molecule has 1 rings (SSSR count). The second-order valence-corrected chi connectivity index (χ2v) is 6.45. The van der Waals surface area contributed by atoms with Crippen LogP contribution in [0, 0.1) is 0 Å². The maximum atomic E-state index is 11.8. The fraction of sp³-hybridized carbons (Fsp3) is 0.455. The lowest BCUT2D eigenvalue weighted by Gasteiger charge is -2.28. The molecule has 0 amide bonds. The molecule has 1 N–H and O–H groups in total. The number of nitrogens with zero attached hydrogens (tertiary/aromatic N) is 1. The molecule has 5 heteroatoms. The average molecular weight is 243 g/mol. The molecule has 1 aromatic rings. The first kappa shape index (κ1) is 13.2. The lowest BCUT2D eigenvalue weighted by atomic mass is 10.1. The number of hydrogen-bond donors (Lipinski definition) is 1. The molecule has 0 aliphatic carbocycles. The molecule has 0 bridgehead atoms. The van der Waals surface area contributed by atoms with E-state index < -0.39 is 15.6 Å². The lowest BCUT2D eigenvalue weighted by Crippen LogP contribution is -2.43. The number of hydroxylamine groups is 1. The molecule has 0 radical (unpaired) electrons. The summed E-state index contributed by atoms with van der Waals surface area (Å²) in [7, 11) is -3.68. The van der Waals surface area contributed by atoms with Crippen molar-refractivity contribution in [2.75, 3.05) is 0 Å². The van der Waals surface area contributed by atoms with Crippen molar-refractivity contribution in [1.29, 1.82) is 0 Å². The Bertz CT molecular complexity index is 434. The van der Waals surface area contributed by atoms with Crippen molar-refractivity contribution in [2.24, 2.45) is 0 Å². The van der Waals surface area contributed by atoms with E-state index in [1.807, 2.05) is 6.07 Å². The SMILES string of the molecule is CC(C)(C)N(O)S(=O)(=O)Cc1ccccc1. The van der Waals surface area contributed by atoms with Gasteiger partial charge in [0.05, 0.1) is 11.3 Å². The van der Waals surface area contributed by atoms with Gasteiger partial charge in [0.25, 0.3) is 0 Å². The van der Waals surface area contributed by atoms with Crippen LogP contribution in [0.2, 0.25) is 0 Å². The van der Waals surface area contributed by atoms with E-state index in [4.69, 9.17) is 0 Å². The second-order valence-electron chi connectivity index (χ2n) is 4.66. The molecule has 0 heterocycles. The maximum Gasteiger partial charge on any atom is 0.240 e. The molecule has 0 spiro atoms. The van der Waals surface area contributed by atoms with E-state index in [1.54, 1.807) is 45.0 Å². The molecule has 0 aliphatic heterocycles. The zero-order valence-corrected chi connectivity index (χ0v) is 10.5. The summed E-state index contributed by atoms with van der Waals surface area (Å²) in [6.07, 6.45) is 0. The number of benzene rings is 1. The highest BCUT2D eigenvalue weighted by Crippen LogP contribution is 2.18. The third-order valence-corrected chi connectivity index (χ3v) is 3.80. The summed E-state index contributed by atoms with van der Waals surface area (Å²) >= 11 is 0. The van der Waals surface area contributed by atoms with Crippen molar-refractivity contribution in [1.82, 2.24) is 4.47 Å². The van der Waals surface area contributed by atoms with Crippen LogP contribution < -0.4 is 0 Å². The summed E-state index contributed by atoms with van der Waals surface area (Å²) in [5, 5.41) is 9.62. The molecule has 0 fully saturated rings. The van der Waals surface area contributed by atoms with Gasteiger partial charge in [-0.25, -0.2) is 8.42 Å². The first-order chi connectivity index (χ1) is 7.23. The van der Waals surface area contributed by atoms with Crippen molar-refractivity contribution < 1.29 is 13.6 Å². The number of sulfonamides is 1. The van der Waals surface area contributed by atoms with Gasteiger partial charge in [0.2, 0.25) is 10.0 Å². The Morgan fingerprint density at radius 3 is 2.12 bits per heavy atom. The lowest BCUT2D eigenvalue weighted by molar-refractivity contribution is -0.0671. The highest BCUT2D eigenvalue weighted by atomic mass is 32.2. The molecule has 0 saturated carbocycles. The van der Waals surface area contributed by atoms with Gasteiger partial charge in [-0.2, -0.15) is 0 Å². The topological polar surface area (TPSA) is 57.6 Å². The highest BCUT2D eigenvalue weighted by molar-refractivity contribution is 7.88. The van der Waals surface area contributed by atoms with Crippen molar-refractivity contribution in [3.63, 3.8) is 0 Å². The minimum atomic E-state index is -3.68. The summed E-state index contributed by atoms with van der Waals surface area (Å²) in [5.74, 6) is -0.193. The Labute approximate surface area is 96.5 Å². The molecule has 16 heavy (non-hydrogen) atoms. The van der Waals surface area contributed by atoms with Crippen molar-refractivity contribution in [2.45, 2.75) is 32.1 Å². The fourth-order valence-electron chi connectivity index (χ4n) is 1.26. The molecule has 90 valence electrons. The monoisotopic (exact) mass is 243 g/mol. The normalized spacial score (nSPS) is 13.1. The summed E-state index contributed by atoms with van der Waals surface area (Å²) in [6.45, 7) is 4.90. The van der Waals surface area contributed by atoms with Crippen LogP contribution in [0.4, 0.5) is 0 Å². The van der Waals surface area contributed by atoms with Gasteiger partial charge in [0, 0.05) is 0 Å². The molecule has 0 aromatic heterocycles. The molecular formula is C11H17NO3S. The van der Waals surface area contributed by atoms with E-state index in [1.165, 1.54) is 0 Å². The maximum absolute atomic E-state index is 11.8. The van der Waals surface area contributed by atoms with Crippen LogP contribution in [0.3, 0.4) is 0 Å². The van der Waals surface area contributed by atoms with E-state index in [-0.39, 0.29) is 5.75 Å². The first-order valence-electron chi connectivity index (χ1n) is 4.99. The van der Waals surface area contributed by atoms with Crippen LogP contribution in [0.25, 0.3) is 0 Å². The van der Waals surface area contributed by atoms with Gasteiger partial charge in [0.15, 0.2) is 0 Å². The van der Waals surface area contributed by atoms with E-state index in [9.17, 15) is 13.6 Å². The summed E-state index contributed by atoms with van der Waals surface area (Å²) < 4.78 is 24.1. The summed E-state index contributed by atoms with van der Waals surface area (Å²) in [6, 6.07) is 8.78. The van der Waals surface area contributed by atoms with Crippen molar-refractivity contribution in [3.05, 3.63) is 35.9 Å². The summed E-state index contributed by atoms with van der Waals surface area (Å²) in [4.78, 5) is 0. The van der Waals surface area contributed by atoms with Crippen LogP contribution >= 0.6 is 0 Å². The van der Waals surface area contributed by atoms with Gasteiger partial charge in [0.1, 0.15) is 0 Å². The standard InChI is InChI=1S/C11H17NO3S/c1-11(2,3)12(13)16(14,15)9-10-7-5-4-6-8-10/h4-8,13H,9H2,1-3H3. The Morgan fingerprint density at radius 1 is 1.19 bits per heavy atom. The fourth-order valence-corrected chi connectivity index (χ4v) is 2.83. The highest BCUT2D eigenvalue weighted by Gasteiger charge is 2.31. The van der Waals surface area contributed by atoms with Crippen LogP contribution in [0.1, 0.15) is 26.3 Å². The molecule has 0 saturated heterocycles. The predicted molar refractivity (Wildman–Crippen MR) is 62.4 cm³/mol. The molecule has 1 aromatic carbocycles. The van der Waals surface area contributed by atoms with Crippen LogP contribution in [0.5, 0.6) is 0 Å². The van der Waals surface area contributed by atoms with E-state index in [2.05, 4.69) is 0 Å². The zero-order chi connectivity index (χ0) is 12.4. The van der Waals surface area contributed by atoms with Crippen LogP contribution in [-0.2, 0) is 15.8 Å². The average Bonchev–Trinajstić information content (AvgIpc) is 2.16. The Kier molecular flexibility index (Phi) is 3.72. The minimum absolute atomic E-state index is 0.193.